The summed E-state index contributed by atoms with van der Waals surface area (Å²) in [5.41, 5.74) is 8.64. The summed E-state index contributed by atoms with van der Waals surface area (Å²) in [7, 11) is 0. The third-order valence-electron chi connectivity index (χ3n) is 7.83. The fourth-order valence-corrected chi connectivity index (χ4v) is 5.46. The molecule has 1 aliphatic rings. The molecule has 0 spiro atoms. The lowest BCUT2D eigenvalue weighted by molar-refractivity contribution is -0.133. The number of nitrogens with zero attached hydrogens (tertiary/aromatic N) is 3. The van der Waals surface area contributed by atoms with Gasteiger partial charge in [0, 0.05) is 29.9 Å². The first kappa shape index (κ1) is 29.9. The zero-order valence-corrected chi connectivity index (χ0v) is 24.1. The van der Waals surface area contributed by atoms with Crippen molar-refractivity contribution >= 4 is 28.6 Å². The number of aromatic nitrogens is 4. The smallest absolute Gasteiger partial charge is 0.245 e. The van der Waals surface area contributed by atoms with Crippen LogP contribution in [0.15, 0.2) is 67.0 Å². The Morgan fingerprint density at radius 2 is 1.63 bits per heavy atom. The Labute approximate surface area is 249 Å². The van der Waals surface area contributed by atoms with Crippen molar-refractivity contribution in [2.24, 2.45) is 5.73 Å². The Bertz CT molecular complexity index is 1550. The van der Waals surface area contributed by atoms with E-state index < -0.39 is 48.0 Å². The molecule has 0 unspecified atom stereocenters. The van der Waals surface area contributed by atoms with Crippen molar-refractivity contribution < 1.29 is 19.5 Å². The van der Waals surface area contributed by atoms with Crippen molar-refractivity contribution in [3.8, 4) is 0 Å². The molecule has 2 bridgehead atoms. The number of fused-ring (bicyclic) bond motifs is 3. The fraction of sp³-hybridized carbons (Fsp3) is 0.387. The monoisotopic (exact) mass is 586 g/mol. The molecule has 12 heteroatoms. The van der Waals surface area contributed by atoms with Gasteiger partial charge < -0.3 is 31.8 Å². The molecule has 0 fully saturated rings. The molecule has 0 saturated heterocycles. The number of amides is 3. The zero-order chi connectivity index (χ0) is 30.3. The predicted molar refractivity (Wildman–Crippen MR) is 161 cm³/mol. The lowest BCUT2D eigenvalue weighted by Gasteiger charge is -2.26. The maximum absolute atomic E-state index is 14.0. The molecule has 0 saturated carbocycles. The summed E-state index contributed by atoms with van der Waals surface area (Å²) in [5.74, 6) is -1.38. The zero-order valence-electron chi connectivity index (χ0n) is 24.1. The van der Waals surface area contributed by atoms with E-state index in [0.29, 0.717) is 31.5 Å². The number of rotatable bonds is 9. The van der Waals surface area contributed by atoms with E-state index in [2.05, 4.69) is 31.2 Å². The highest BCUT2D eigenvalue weighted by Crippen LogP contribution is 2.22. The highest BCUT2D eigenvalue weighted by atomic mass is 16.3. The van der Waals surface area contributed by atoms with E-state index in [1.54, 1.807) is 6.20 Å². The number of nitrogens with two attached hydrogens (primary N) is 1. The number of para-hydroxylation sites is 1. The van der Waals surface area contributed by atoms with E-state index in [0.717, 1.165) is 22.0 Å². The van der Waals surface area contributed by atoms with E-state index in [1.165, 1.54) is 11.6 Å². The van der Waals surface area contributed by atoms with Gasteiger partial charge in [0.05, 0.1) is 12.3 Å². The molecule has 3 heterocycles. The number of H-pyrrole nitrogens is 1. The minimum atomic E-state index is -1.02. The Morgan fingerprint density at radius 1 is 0.907 bits per heavy atom. The third kappa shape index (κ3) is 7.09. The van der Waals surface area contributed by atoms with Gasteiger partial charge in [0.25, 0.3) is 0 Å². The van der Waals surface area contributed by atoms with Crippen LogP contribution < -0.4 is 21.7 Å². The highest BCUT2D eigenvalue weighted by Gasteiger charge is 2.34. The molecule has 226 valence electrons. The number of benzene rings is 2. The summed E-state index contributed by atoms with van der Waals surface area (Å²) in [4.78, 5) is 44.7. The van der Waals surface area contributed by atoms with Gasteiger partial charge in [-0.1, -0.05) is 53.7 Å². The lowest BCUT2D eigenvalue weighted by atomic mass is 10.0. The van der Waals surface area contributed by atoms with Crippen LogP contribution in [0.5, 0.6) is 0 Å². The molecule has 2 aromatic heterocycles. The van der Waals surface area contributed by atoms with Gasteiger partial charge in [-0.25, -0.2) is 4.68 Å². The maximum atomic E-state index is 14.0. The topological polar surface area (TPSA) is 180 Å². The second-order valence-corrected chi connectivity index (χ2v) is 11.0. The summed E-state index contributed by atoms with van der Waals surface area (Å²) in [6, 6.07) is 13.5. The second kappa shape index (κ2) is 13.6. The predicted octanol–water partition coefficient (Wildman–Crippen LogP) is 1.44. The first-order chi connectivity index (χ1) is 20.8. The fourth-order valence-electron chi connectivity index (χ4n) is 5.46. The number of hydrogen-bond acceptors (Lipinski definition) is 7. The van der Waals surface area contributed by atoms with E-state index >= 15 is 0 Å². The molecule has 7 N–H and O–H groups in total. The van der Waals surface area contributed by atoms with Gasteiger partial charge in [-0.3, -0.25) is 14.4 Å². The molecule has 3 amide bonds. The van der Waals surface area contributed by atoms with Gasteiger partial charge in [0.1, 0.15) is 29.9 Å². The van der Waals surface area contributed by atoms with Gasteiger partial charge >= 0.3 is 0 Å². The summed E-state index contributed by atoms with van der Waals surface area (Å²) >= 11 is 0. The molecule has 1 aliphatic heterocycles. The van der Waals surface area contributed by atoms with Crippen LogP contribution in [0.2, 0.25) is 0 Å². The van der Waals surface area contributed by atoms with Crippen molar-refractivity contribution in [1.82, 2.24) is 35.9 Å². The SMILES string of the molecule is C[C@@H](O)[C@@H]1NC(=O)[C@H](CCCCN)NC(=O)[C@H](Cc2c[nH]c3ccccc23)NC(=O)[C@H](Cc2ccccc2)n2cc1nn2. The van der Waals surface area contributed by atoms with E-state index in [1.807, 2.05) is 60.8 Å². The Hall–Kier alpha value is -4.55. The van der Waals surface area contributed by atoms with Crippen LogP contribution in [-0.4, -0.2) is 67.5 Å². The van der Waals surface area contributed by atoms with E-state index in [-0.39, 0.29) is 12.8 Å². The molecule has 5 rings (SSSR count). The molecule has 43 heavy (non-hydrogen) atoms. The Kier molecular flexibility index (Phi) is 9.48. The largest absolute Gasteiger partial charge is 0.391 e. The first-order valence-corrected chi connectivity index (χ1v) is 14.6. The molecule has 4 aromatic rings. The molecule has 12 nitrogen and oxygen atoms in total. The van der Waals surface area contributed by atoms with Crippen LogP contribution in [0, 0.1) is 0 Å². The molecular formula is C31H38N8O4. The van der Waals surface area contributed by atoms with Crippen LogP contribution in [0.1, 0.15) is 55.1 Å². The number of unbranched alkanes of at least 4 members (excludes halogenated alkanes) is 1. The van der Waals surface area contributed by atoms with Crippen LogP contribution in [0.25, 0.3) is 10.9 Å². The average molecular weight is 587 g/mol. The standard InChI is InChI=1S/C31H38N8O4/c1-19(40)28-26-18-39(38-37-26)27(15-20-9-3-2-4-10-20)31(43)35-25(16-21-17-33-23-12-6-5-11-22(21)23)30(42)34-24(29(41)36-28)13-7-8-14-32/h2-6,9-12,17-19,24-25,27-28,33,40H,7-8,13-16,32H2,1H3,(H,34,42)(H,35,43)(H,36,41)/t19-,24+,25+,27+,28+/m1/s1. The number of carbonyl (C=O) groups excluding carboxylic acids is 3. The summed E-state index contributed by atoms with van der Waals surface area (Å²) in [6.45, 7) is 1.99. The number of aliphatic hydroxyl groups excluding tert-OH is 1. The normalized spacial score (nSPS) is 22.1. The summed E-state index contributed by atoms with van der Waals surface area (Å²) in [5, 5.41) is 28.7. The van der Waals surface area contributed by atoms with Gasteiger partial charge in [-0.05, 0) is 49.9 Å². The molecule has 2 aromatic carbocycles. The van der Waals surface area contributed by atoms with Crippen LogP contribution in [0.3, 0.4) is 0 Å². The first-order valence-electron chi connectivity index (χ1n) is 14.6. The number of aliphatic hydroxyl groups is 1. The van der Waals surface area contributed by atoms with Crippen molar-refractivity contribution in [3.63, 3.8) is 0 Å². The van der Waals surface area contributed by atoms with Crippen molar-refractivity contribution in [2.75, 3.05) is 6.54 Å². The van der Waals surface area contributed by atoms with Gasteiger partial charge in [-0.15, -0.1) is 5.10 Å². The van der Waals surface area contributed by atoms with E-state index in [9.17, 15) is 19.5 Å². The number of hydrogen-bond donors (Lipinski definition) is 6. The quantitative estimate of drug-likeness (QED) is 0.161. The maximum Gasteiger partial charge on any atom is 0.245 e. The van der Waals surface area contributed by atoms with Crippen LogP contribution >= 0.6 is 0 Å². The number of nitrogens with one attached hydrogen (secondary N) is 4. The number of carbonyl (C=O) groups is 3. The lowest BCUT2D eigenvalue weighted by Crippen LogP contribution is -2.55. The van der Waals surface area contributed by atoms with Crippen molar-refractivity contribution in [1.29, 1.82) is 0 Å². The van der Waals surface area contributed by atoms with Gasteiger partial charge in [-0.2, -0.15) is 0 Å². The van der Waals surface area contributed by atoms with Crippen LogP contribution in [-0.2, 0) is 27.2 Å². The molecular weight excluding hydrogens is 548 g/mol. The van der Waals surface area contributed by atoms with Gasteiger partial charge in [0.2, 0.25) is 17.7 Å². The Morgan fingerprint density at radius 3 is 2.40 bits per heavy atom. The Balaban J connectivity index is 1.54. The minimum Gasteiger partial charge on any atom is -0.391 e. The third-order valence-corrected chi connectivity index (χ3v) is 7.83. The summed E-state index contributed by atoms with van der Waals surface area (Å²) in [6.07, 6.45) is 4.45. The van der Waals surface area contributed by atoms with Crippen LogP contribution in [0.4, 0.5) is 0 Å². The molecule has 5 atom stereocenters. The van der Waals surface area contributed by atoms with Crippen molar-refractivity contribution in [3.05, 3.63) is 83.8 Å². The minimum absolute atomic E-state index is 0.190. The van der Waals surface area contributed by atoms with Crippen molar-refractivity contribution in [2.45, 2.75) is 69.3 Å². The average Bonchev–Trinajstić information content (AvgIpc) is 3.65. The number of aromatic amines is 1. The van der Waals surface area contributed by atoms with Gasteiger partial charge in [0.15, 0.2) is 0 Å². The highest BCUT2D eigenvalue weighted by molar-refractivity contribution is 5.94. The molecule has 0 radical (unpaired) electrons. The molecule has 0 aliphatic carbocycles. The summed E-state index contributed by atoms with van der Waals surface area (Å²) < 4.78 is 1.43. The second-order valence-electron chi connectivity index (χ2n) is 11.0. The van der Waals surface area contributed by atoms with E-state index in [4.69, 9.17) is 5.73 Å².